The molecular weight excluding hydrogens is 486 g/mol. The fourth-order valence-corrected chi connectivity index (χ4v) is 6.51. The summed E-state index contributed by atoms with van der Waals surface area (Å²) in [6, 6.07) is 9.02. The minimum absolute atomic E-state index is 0.146. The molecule has 1 unspecified atom stereocenters. The lowest BCUT2D eigenvalue weighted by atomic mass is 9.86. The van der Waals surface area contributed by atoms with E-state index >= 15 is 0 Å². The smallest absolute Gasteiger partial charge is 0.256 e. The van der Waals surface area contributed by atoms with E-state index < -0.39 is 12.0 Å². The third-order valence-electron chi connectivity index (χ3n) is 8.31. The van der Waals surface area contributed by atoms with Gasteiger partial charge in [-0.3, -0.25) is 9.36 Å². The number of rotatable bonds is 5. The van der Waals surface area contributed by atoms with Gasteiger partial charge in [0, 0.05) is 25.2 Å². The summed E-state index contributed by atoms with van der Waals surface area (Å²) >= 11 is 0. The number of carbonyl (C=O) groups is 1. The van der Waals surface area contributed by atoms with Crippen molar-refractivity contribution in [3.05, 3.63) is 48.5 Å². The van der Waals surface area contributed by atoms with Crippen LogP contribution >= 0.6 is 0 Å². The average Bonchev–Trinajstić information content (AvgIpc) is 3.72. The van der Waals surface area contributed by atoms with Crippen LogP contribution in [0.1, 0.15) is 43.3 Å². The van der Waals surface area contributed by atoms with E-state index in [0.29, 0.717) is 28.0 Å². The molecule has 0 saturated carbocycles. The van der Waals surface area contributed by atoms with Crippen molar-refractivity contribution in [1.29, 1.82) is 0 Å². The first-order valence-electron chi connectivity index (χ1n) is 13.4. The average molecular weight is 520 g/mol. The highest BCUT2D eigenvalue weighted by atomic mass is 16.8. The molecule has 4 saturated heterocycles. The van der Waals surface area contributed by atoms with Gasteiger partial charge in [-0.15, -0.1) is 0 Å². The molecule has 4 fully saturated rings. The van der Waals surface area contributed by atoms with Crippen molar-refractivity contribution in [2.45, 2.75) is 57.0 Å². The normalized spacial score (nSPS) is 32.4. The molecule has 200 valence electrons. The van der Waals surface area contributed by atoms with E-state index in [0.717, 1.165) is 32.7 Å². The first-order chi connectivity index (χ1) is 18.4. The maximum atomic E-state index is 12.8. The van der Waals surface area contributed by atoms with E-state index in [-0.39, 0.29) is 24.2 Å². The Bertz CT molecular complexity index is 1340. The number of likely N-dealkylation sites (tertiary alicyclic amines) is 1. The van der Waals surface area contributed by atoms with Crippen LogP contribution in [0.2, 0.25) is 0 Å². The number of ether oxygens (including phenoxy) is 3. The number of amides is 1. The Morgan fingerprint density at radius 1 is 1.13 bits per heavy atom. The molecule has 5 atom stereocenters. The SMILES string of the molecule is CC1(C)O[C@@H]2[C@H](O1)[C@@H](CN1CCC3(CCNC3)C1)O[C@H]2n1cnc2c(NC(=O)c3ccccc3)ncnc21. The van der Waals surface area contributed by atoms with E-state index in [1.54, 1.807) is 18.5 Å². The van der Waals surface area contributed by atoms with Crippen LogP contribution in [0.4, 0.5) is 5.82 Å². The zero-order chi connectivity index (χ0) is 25.9. The first kappa shape index (κ1) is 24.1. The molecule has 2 N–H and O–H groups in total. The molecule has 0 bridgehead atoms. The number of anilines is 1. The summed E-state index contributed by atoms with van der Waals surface area (Å²) in [6.07, 6.45) is 4.45. The number of carbonyl (C=O) groups excluding carboxylic acids is 1. The maximum absolute atomic E-state index is 12.8. The molecule has 2 aromatic heterocycles. The summed E-state index contributed by atoms with van der Waals surface area (Å²) in [5.41, 5.74) is 1.99. The van der Waals surface area contributed by atoms with Crippen molar-refractivity contribution in [1.82, 2.24) is 29.7 Å². The van der Waals surface area contributed by atoms with Crippen LogP contribution in [-0.2, 0) is 14.2 Å². The molecule has 1 amide bonds. The van der Waals surface area contributed by atoms with Crippen LogP contribution in [0, 0.1) is 5.41 Å². The molecule has 11 heteroatoms. The van der Waals surface area contributed by atoms with Gasteiger partial charge < -0.3 is 29.7 Å². The van der Waals surface area contributed by atoms with E-state index in [4.69, 9.17) is 14.2 Å². The number of hydrogen-bond donors (Lipinski definition) is 2. The van der Waals surface area contributed by atoms with Crippen LogP contribution < -0.4 is 10.6 Å². The van der Waals surface area contributed by atoms with Gasteiger partial charge in [0.25, 0.3) is 5.91 Å². The molecular formula is C27H33N7O4. The fraction of sp³-hybridized carbons (Fsp3) is 0.556. The summed E-state index contributed by atoms with van der Waals surface area (Å²) < 4.78 is 21.3. The fourth-order valence-electron chi connectivity index (χ4n) is 6.51. The highest BCUT2D eigenvalue weighted by molar-refractivity contribution is 6.06. The van der Waals surface area contributed by atoms with Crippen LogP contribution in [-0.4, -0.2) is 87.1 Å². The van der Waals surface area contributed by atoms with E-state index in [2.05, 4.69) is 30.5 Å². The van der Waals surface area contributed by atoms with E-state index in [1.807, 2.05) is 36.6 Å². The lowest BCUT2D eigenvalue weighted by molar-refractivity contribution is -0.197. The first-order valence-corrected chi connectivity index (χ1v) is 13.4. The Labute approximate surface area is 220 Å². The molecule has 4 aliphatic heterocycles. The second kappa shape index (κ2) is 9.06. The lowest BCUT2D eigenvalue weighted by Gasteiger charge is -2.28. The van der Waals surface area contributed by atoms with Gasteiger partial charge in [-0.25, -0.2) is 15.0 Å². The molecule has 6 heterocycles. The van der Waals surface area contributed by atoms with Crippen LogP contribution in [0.15, 0.2) is 43.0 Å². The predicted molar refractivity (Wildman–Crippen MR) is 138 cm³/mol. The van der Waals surface area contributed by atoms with Gasteiger partial charge in [0.2, 0.25) is 0 Å². The van der Waals surface area contributed by atoms with E-state index in [1.165, 1.54) is 19.2 Å². The molecule has 1 aromatic carbocycles. The minimum Gasteiger partial charge on any atom is -0.348 e. The summed E-state index contributed by atoms with van der Waals surface area (Å²) in [6.45, 7) is 9.03. The third kappa shape index (κ3) is 4.18. The van der Waals surface area contributed by atoms with Crippen molar-refractivity contribution < 1.29 is 19.0 Å². The number of imidazole rings is 1. The second-order valence-electron chi connectivity index (χ2n) is 11.4. The van der Waals surface area contributed by atoms with Crippen LogP contribution in [0.3, 0.4) is 0 Å². The number of aromatic nitrogens is 4. The molecule has 3 aromatic rings. The number of nitrogens with zero attached hydrogens (tertiary/aromatic N) is 5. The topological polar surface area (TPSA) is 116 Å². The van der Waals surface area contributed by atoms with Gasteiger partial charge in [-0.05, 0) is 57.3 Å². The minimum atomic E-state index is -0.711. The Kier molecular flexibility index (Phi) is 5.75. The van der Waals surface area contributed by atoms with Crippen molar-refractivity contribution in [3.8, 4) is 0 Å². The van der Waals surface area contributed by atoms with Gasteiger partial charge in [-0.1, -0.05) is 18.2 Å². The van der Waals surface area contributed by atoms with E-state index in [9.17, 15) is 4.79 Å². The molecule has 0 radical (unpaired) electrons. The van der Waals surface area contributed by atoms with Gasteiger partial charge in [0.1, 0.15) is 24.6 Å². The van der Waals surface area contributed by atoms with Gasteiger partial charge in [0.05, 0.1) is 6.33 Å². The van der Waals surface area contributed by atoms with Gasteiger partial charge in [0.15, 0.2) is 29.0 Å². The molecule has 4 aliphatic rings. The van der Waals surface area contributed by atoms with Crippen LogP contribution in [0.5, 0.6) is 0 Å². The van der Waals surface area contributed by atoms with Crippen molar-refractivity contribution in [3.63, 3.8) is 0 Å². The monoisotopic (exact) mass is 519 g/mol. The highest BCUT2D eigenvalue weighted by Gasteiger charge is 2.57. The Morgan fingerprint density at radius 2 is 1.97 bits per heavy atom. The highest BCUT2D eigenvalue weighted by Crippen LogP contribution is 2.45. The Morgan fingerprint density at radius 3 is 2.79 bits per heavy atom. The number of hydrogen-bond acceptors (Lipinski definition) is 9. The molecule has 1 spiro atoms. The Balaban J connectivity index is 1.14. The quantitative estimate of drug-likeness (QED) is 0.523. The summed E-state index contributed by atoms with van der Waals surface area (Å²) in [5, 5.41) is 6.40. The molecule has 0 aliphatic carbocycles. The van der Waals surface area contributed by atoms with Crippen molar-refractivity contribution in [2.75, 3.05) is 38.0 Å². The molecule has 38 heavy (non-hydrogen) atoms. The number of fused-ring (bicyclic) bond motifs is 2. The van der Waals surface area contributed by atoms with Gasteiger partial charge >= 0.3 is 0 Å². The zero-order valence-electron chi connectivity index (χ0n) is 21.7. The molecule has 11 nitrogen and oxygen atoms in total. The largest absolute Gasteiger partial charge is 0.348 e. The summed E-state index contributed by atoms with van der Waals surface area (Å²) in [4.78, 5) is 28.6. The van der Waals surface area contributed by atoms with Crippen molar-refractivity contribution in [2.24, 2.45) is 5.41 Å². The lowest BCUT2D eigenvalue weighted by Crippen LogP contribution is -2.40. The molecule has 7 rings (SSSR count). The van der Waals surface area contributed by atoms with Crippen molar-refractivity contribution >= 4 is 22.9 Å². The standard InChI is InChI=1S/C27H33N7O4/c1-26(2)37-20-18(12-33-11-9-27(14-33)8-10-28-13-27)36-25(21(20)38-26)34-16-31-19-22(29-15-30-23(19)34)32-24(35)17-6-4-3-5-7-17/h3-7,15-16,18,20-21,25,28H,8-14H2,1-2H3,(H,29,30,32,35)/t18-,20-,21-,25-,27?/m1/s1. The van der Waals surface area contributed by atoms with Gasteiger partial charge in [-0.2, -0.15) is 0 Å². The maximum Gasteiger partial charge on any atom is 0.256 e. The summed E-state index contributed by atoms with van der Waals surface area (Å²) in [7, 11) is 0. The number of benzene rings is 1. The predicted octanol–water partition coefficient (Wildman–Crippen LogP) is 2.18. The zero-order valence-corrected chi connectivity index (χ0v) is 21.7. The Hall–Kier alpha value is -2.96. The third-order valence-corrected chi connectivity index (χ3v) is 8.31. The number of nitrogens with one attached hydrogen (secondary N) is 2. The van der Waals surface area contributed by atoms with Crippen LogP contribution in [0.25, 0.3) is 11.2 Å². The second-order valence-corrected chi connectivity index (χ2v) is 11.4. The summed E-state index contributed by atoms with van der Waals surface area (Å²) in [5.74, 6) is -0.616.